The predicted molar refractivity (Wildman–Crippen MR) is 55.1 cm³/mol. The Bertz CT molecular complexity index is 493. The summed E-state index contributed by atoms with van der Waals surface area (Å²) in [4.78, 5) is 11.4. The van der Waals surface area contributed by atoms with E-state index in [9.17, 15) is 4.79 Å². The molecule has 2 rings (SSSR count). The van der Waals surface area contributed by atoms with Crippen molar-refractivity contribution in [2.24, 2.45) is 7.05 Å². The highest BCUT2D eigenvalue weighted by molar-refractivity contribution is 9.06. The van der Waals surface area contributed by atoms with Crippen LogP contribution in [0.4, 0.5) is 0 Å². The molecule has 72 valence electrons. The van der Waals surface area contributed by atoms with E-state index in [0.717, 1.165) is 10.9 Å². The lowest BCUT2D eigenvalue weighted by Gasteiger charge is -1.96. The summed E-state index contributed by atoms with van der Waals surface area (Å²) in [5, 5.41) is 4.97. The van der Waals surface area contributed by atoms with Crippen LogP contribution in [0, 0.1) is 0 Å². The molecular weight excluding hydrogens is 248 g/mol. The highest BCUT2D eigenvalue weighted by atomic mass is 79.9. The summed E-state index contributed by atoms with van der Waals surface area (Å²) in [6.45, 7) is 0. The smallest absolute Gasteiger partial charge is 0.368 e. The van der Waals surface area contributed by atoms with Gasteiger partial charge in [0.05, 0.1) is 5.52 Å². The van der Waals surface area contributed by atoms with Gasteiger partial charge < -0.3 is 3.83 Å². The van der Waals surface area contributed by atoms with Crippen molar-refractivity contribution < 1.29 is 8.62 Å². The van der Waals surface area contributed by atoms with Crippen LogP contribution in [0.15, 0.2) is 24.3 Å². The first-order valence-corrected chi connectivity index (χ1v) is 4.63. The molecule has 2 aromatic rings. The summed E-state index contributed by atoms with van der Waals surface area (Å²) in [6.07, 6.45) is 0. The molecule has 0 amide bonds. The Balaban J connectivity index is 2.74. The Morgan fingerprint density at radius 1 is 1.50 bits per heavy atom. The van der Waals surface area contributed by atoms with E-state index >= 15 is 0 Å². The molecule has 0 aliphatic carbocycles. The van der Waals surface area contributed by atoms with Crippen LogP contribution in [0.3, 0.4) is 0 Å². The molecule has 5 heteroatoms. The van der Waals surface area contributed by atoms with Gasteiger partial charge in [-0.15, -0.1) is 0 Å². The lowest BCUT2D eigenvalue weighted by molar-refractivity contribution is 0.0773. The number of fused-ring (bicyclic) bond motifs is 1. The molecule has 0 spiro atoms. The molecule has 1 aromatic carbocycles. The van der Waals surface area contributed by atoms with Gasteiger partial charge in [0.15, 0.2) is 22.0 Å². The van der Waals surface area contributed by atoms with Gasteiger partial charge in [0.2, 0.25) is 0 Å². The van der Waals surface area contributed by atoms with Crippen LogP contribution in [0.2, 0.25) is 0 Å². The van der Waals surface area contributed by atoms with E-state index in [0.29, 0.717) is 5.69 Å². The zero-order valence-corrected chi connectivity index (χ0v) is 8.98. The second kappa shape index (κ2) is 3.42. The molecule has 0 aliphatic rings. The quantitative estimate of drug-likeness (QED) is 0.783. The fraction of sp³-hybridized carbons (Fsp3) is 0.111. The molecular formula is C9H7BrN2O2. The average Bonchev–Trinajstić information content (AvgIpc) is 2.53. The van der Waals surface area contributed by atoms with E-state index in [1.807, 2.05) is 24.3 Å². The maximum Gasteiger partial charge on any atom is 0.368 e. The van der Waals surface area contributed by atoms with Crippen molar-refractivity contribution in [3.05, 3.63) is 30.0 Å². The number of halogens is 1. The highest BCUT2D eigenvalue weighted by Crippen LogP contribution is 2.18. The lowest BCUT2D eigenvalue weighted by Crippen LogP contribution is -2.06. The van der Waals surface area contributed by atoms with E-state index < -0.39 is 5.97 Å². The number of nitrogens with zero attached hydrogens (tertiary/aromatic N) is 2. The number of hydrogen-bond acceptors (Lipinski definition) is 3. The molecule has 0 fully saturated rings. The summed E-state index contributed by atoms with van der Waals surface area (Å²) in [7, 11) is 1.71. The molecule has 0 radical (unpaired) electrons. The molecule has 0 unspecified atom stereocenters. The molecule has 1 aromatic heterocycles. The minimum absolute atomic E-state index is 0.442. The number of carbonyl (C=O) groups excluding carboxylic acids is 1. The minimum Gasteiger partial charge on any atom is -0.379 e. The molecule has 4 nitrogen and oxygen atoms in total. The van der Waals surface area contributed by atoms with Crippen LogP contribution in [0.5, 0.6) is 0 Å². The molecule has 0 aliphatic heterocycles. The molecule has 14 heavy (non-hydrogen) atoms. The molecule has 0 saturated heterocycles. The summed E-state index contributed by atoms with van der Waals surface area (Å²) in [5.74, 6) is -0.443. The maximum atomic E-state index is 11.4. The Morgan fingerprint density at radius 3 is 2.93 bits per heavy atom. The Kier molecular flexibility index (Phi) is 2.25. The topological polar surface area (TPSA) is 44.1 Å². The van der Waals surface area contributed by atoms with E-state index in [-0.39, 0.29) is 0 Å². The standard InChI is InChI=1S/C9H7BrN2O2/c1-12-8(9(13)14-10)6-4-2-3-5-7(6)11-12/h2-5H,1H3. The van der Waals surface area contributed by atoms with E-state index in [1.165, 1.54) is 4.68 Å². The highest BCUT2D eigenvalue weighted by Gasteiger charge is 2.16. The van der Waals surface area contributed by atoms with Gasteiger partial charge in [-0.1, -0.05) is 18.2 Å². The summed E-state index contributed by atoms with van der Waals surface area (Å²) in [5.41, 5.74) is 1.22. The van der Waals surface area contributed by atoms with Gasteiger partial charge in [-0.25, -0.2) is 4.79 Å². The molecule has 0 bridgehead atoms. The van der Waals surface area contributed by atoms with Crippen molar-refractivity contribution in [3.63, 3.8) is 0 Å². The monoisotopic (exact) mass is 254 g/mol. The van der Waals surface area contributed by atoms with Crippen molar-refractivity contribution in [1.29, 1.82) is 0 Å². The molecule has 0 N–H and O–H groups in total. The molecule has 0 atom stereocenters. The van der Waals surface area contributed by atoms with Crippen LogP contribution in [0.1, 0.15) is 10.5 Å². The normalized spacial score (nSPS) is 10.4. The van der Waals surface area contributed by atoms with Gasteiger partial charge in [-0.3, -0.25) is 4.68 Å². The number of aromatic nitrogens is 2. The van der Waals surface area contributed by atoms with Gasteiger partial charge in [-0.2, -0.15) is 5.10 Å². The summed E-state index contributed by atoms with van der Waals surface area (Å²) in [6, 6.07) is 7.41. The van der Waals surface area contributed by atoms with Gasteiger partial charge in [0.1, 0.15) is 0 Å². The zero-order valence-electron chi connectivity index (χ0n) is 7.40. The van der Waals surface area contributed by atoms with Crippen LogP contribution < -0.4 is 0 Å². The Hall–Kier alpha value is -1.36. The summed E-state index contributed by atoms with van der Waals surface area (Å²) < 4.78 is 6.00. The average molecular weight is 255 g/mol. The third-order valence-corrected chi connectivity index (χ3v) is 2.30. The first-order chi connectivity index (χ1) is 6.74. The van der Waals surface area contributed by atoms with Crippen molar-refractivity contribution in [2.45, 2.75) is 0 Å². The van der Waals surface area contributed by atoms with Crippen LogP contribution >= 0.6 is 16.3 Å². The van der Waals surface area contributed by atoms with Gasteiger partial charge in [-0.05, 0) is 6.07 Å². The number of rotatable bonds is 1. The van der Waals surface area contributed by atoms with E-state index in [2.05, 4.69) is 25.2 Å². The predicted octanol–water partition coefficient (Wildman–Crippen LogP) is 2.04. The first kappa shape index (κ1) is 9.21. The maximum absolute atomic E-state index is 11.4. The molecule has 0 saturated carbocycles. The van der Waals surface area contributed by atoms with Gasteiger partial charge >= 0.3 is 5.97 Å². The first-order valence-electron chi connectivity index (χ1n) is 3.98. The third kappa shape index (κ3) is 1.29. The van der Waals surface area contributed by atoms with Crippen LogP contribution in [0.25, 0.3) is 10.9 Å². The zero-order chi connectivity index (χ0) is 10.1. The number of aryl methyl sites for hydroxylation is 1. The molecule has 1 heterocycles. The Labute approximate surface area is 88.9 Å². The van der Waals surface area contributed by atoms with Gasteiger partial charge in [0.25, 0.3) is 0 Å². The fourth-order valence-electron chi connectivity index (χ4n) is 1.43. The SMILES string of the molecule is Cn1nc2ccccc2c1C(=O)OBr. The Morgan fingerprint density at radius 2 is 2.21 bits per heavy atom. The third-order valence-electron chi connectivity index (χ3n) is 2.00. The second-order valence-corrected chi connectivity index (χ2v) is 3.18. The summed E-state index contributed by atoms with van der Waals surface area (Å²) >= 11 is 2.67. The van der Waals surface area contributed by atoms with Crippen molar-refractivity contribution >= 4 is 33.1 Å². The largest absolute Gasteiger partial charge is 0.379 e. The second-order valence-electron chi connectivity index (χ2n) is 2.85. The number of benzene rings is 1. The number of carbonyl (C=O) groups is 1. The number of hydrogen-bond donors (Lipinski definition) is 0. The van der Waals surface area contributed by atoms with Gasteiger partial charge in [0, 0.05) is 12.4 Å². The van der Waals surface area contributed by atoms with Crippen LogP contribution in [-0.4, -0.2) is 15.7 Å². The lowest BCUT2D eigenvalue weighted by atomic mass is 10.2. The van der Waals surface area contributed by atoms with E-state index in [1.54, 1.807) is 7.05 Å². The van der Waals surface area contributed by atoms with Crippen LogP contribution in [-0.2, 0) is 10.9 Å². The minimum atomic E-state index is -0.443. The fourth-order valence-corrected chi connectivity index (χ4v) is 1.58. The van der Waals surface area contributed by atoms with Crippen molar-refractivity contribution in [1.82, 2.24) is 9.78 Å². The van der Waals surface area contributed by atoms with E-state index in [4.69, 9.17) is 0 Å². The van der Waals surface area contributed by atoms with Crippen molar-refractivity contribution in [3.8, 4) is 0 Å². The van der Waals surface area contributed by atoms with Crippen molar-refractivity contribution in [2.75, 3.05) is 0 Å².